The molecule has 2 aliphatic rings. The van der Waals surface area contributed by atoms with Crippen LogP contribution in [0.15, 0.2) is 36.4 Å². The van der Waals surface area contributed by atoms with Gasteiger partial charge in [-0.1, -0.05) is 43.3 Å². The standard InChI is InChI=1S/C20H28N2O/c1-3-20(23)22-18-9-10-19(22)15-21(14-12-18)13-11-16(2)17-7-5-4-6-8-17/h4-8,11,18-19H,3,9-10,12-15H2,1-2H3/b16-11+/t18-,19+/m1/s1. The maximum atomic E-state index is 12.2. The van der Waals surface area contributed by atoms with Gasteiger partial charge >= 0.3 is 0 Å². The molecule has 3 nitrogen and oxygen atoms in total. The Morgan fingerprint density at radius 2 is 1.91 bits per heavy atom. The lowest BCUT2D eigenvalue weighted by atomic mass is 10.1. The smallest absolute Gasteiger partial charge is 0.222 e. The Bertz CT molecular complexity index is 566. The van der Waals surface area contributed by atoms with Gasteiger partial charge in [-0.2, -0.15) is 0 Å². The molecule has 124 valence electrons. The van der Waals surface area contributed by atoms with Gasteiger partial charge in [-0.3, -0.25) is 9.69 Å². The molecule has 0 N–H and O–H groups in total. The molecule has 1 amide bonds. The van der Waals surface area contributed by atoms with Crippen LogP contribution in [0.4, 0.5) is 0 Å². The zero-order valence-corrected chi connectivity index (χ0v) is 14.4. The van der Waals surface area contributed by atoms with Crippen molar-refractivity contribution in [2.24, 2.45) is 0 Å². The molecular formula is C20H28N2O. The van der Waals surface area contributed by atoms with E-state index in [1.165, 1.54) is 24.0 Å². The number of fused-ring (bicyclic) bond motifs is 2. The SMILES string of the molecule is CCC(=O)N1[C@@H]2CC[C@H]1CN(C/C=C(\C)c1ccccc1)CC2. The molecule has 3 rings (SSSR count). The molecule has 1 aromatic rings. The largest absolute Gasteiger partial charge is 0.335 e. The number of hydrogen-bond acceptors (Lipinski definition) is 2. The highest BCUT2D eigenvalue weighted by Gasteiger charge is 2.38. The van der Waals surface area contributed by atoms with Crippen molar-refractivity contribution in [3.8, 4) is 0 Å². The molecule has 0 spiro atoms. The monoisotopic (exact) mass is 312 g/mol. The van der Waals surface area contributed by atoms with E-state index in [1.54, 1.807) is 0 Å². The first-order chi connectivity index (χ1) is 11.2. The second-order valence-corrected chi connectivity index (χ2v) is 6.84. The summed E-state index contributed by atoms with van der Waals surface area (Å²) in [6.07, 6.45) is 6.47. The number of nitrogens with zero attached hydrogens (tertiary/aromatic N) is 2. The van der Waals surface area contributed by atoms with E-state index in [4.69, 9.17) is 0 Å². The molecule has 2 heterocycles. The lowest BCUT2D eigenvalue weighted by Gasteiger charge is -2.28. The summed E-state index contributed by atoms with van der Waals surface area (Å²) in [5.41, 5.74) is 2.63. The minimum Gasteiger partial charge on any atom is -0.335 e. The molecule has 0 unspecified atom stereocenters. The number of likely N-dealkylation sites (tertiary alicyclic amines) is 1. The average Bonchev–Trinajstić information content (AvgIpc) is 2.88. The van der Waals surface area contributed by atoms with Crippen LogP contribution < -0.4 is 0 Å². The van der Waals surface area contributed by atoms with Crippen LogP contribution in [0.1, 0.15) is 45.1 Å². The average molecular weight is 312 g/mol. The summed E-state index contributed by atoms with van der Waals surface area (Å²) in [5, 5.41) is 0. The van der Waals surface area contributed by atoms with E-state index in [0.717, 1.165) is 26.1 Å². The normalized spacial score (nSPS) is 25.5. The van der Waals surface area contributed by atoms with Crippen molar-refractivity contribution in [3.63, 3.8) is 0 Å². The molecule has 2 saturated heterocycles. The van der Waals surface area contributed by atoms with Crippen molar-refractivity contribution in [3.05, 3.63) is 42.0 Å². The highest BCUT2D eigenvalue weighted by molar-refractivity contribution is 5.77. The predicted octanol–water partition coefficient (Wildman–Crippen LogP) is 3.57. The van der Waals surface area contributed by atoms with Crippen molar-refractivity contribution in [2.45, 2.75) is 51.6 Å². The second-order valence-electron chi connectivity index (χ2n) is 6.84. The summed E-state index contributed by atoms with van der Waals surface area (Å²) in [4.78, 5) is 17.0. The highest BCUT2D eigenvalue weighted by atomic mass is 16.2. The Labute approximate surface area is 140 Å². The van der Waals surface area contributed by atoms with Crippen molar-refractivity contribution in [1.82, 2.24) is 9.80 Å². The van der Waals surface area contributed by atoms with Gasteiger partial charge in [0, 0.05) is 38.1 Å². The summed E-state index contributed by atoms with van der Waals surface area (Å²) < 4.78 is 0. The fourth-order valence-electron chi connectivity index (χ4n) is 3.99. The molecule has 2 bridgehead atoms. The molecule has 0 saturated carbocycles. The zero-order chi connectivity index (χ0) is 16.2. The zero-order valence-electron chi connectivity index (χ0n) is 14.4. The molecule has 1 aromatic carbocycles. The minimum atomic E-state index is 0.343. The number of amides is 1. The molecule has 0 aromatic heterocycles. The summed E-state index contributed by atoms with van der Waals surface area (Å²) in [6.45, 7) is 7.29. The van der Waals surface area contributed by atoms with E-state index in [2.05, 4.69) is 53.1 Å². The van der Waals surface area contributed by atoms with Crippen LogP contribution in [0.3, 0.4) is 0 Å². The van der Waals surface area contributed by atoms with Crippen LogP contribution in [0.25, 0.3) is 5.57 Å². The number of benzene rings is 1. The molecule has 23 heavy (non-hydrogen) atoms. The van der Waals surface area contributed by atoms with Crippen LogP contribution >= 0.6 is 0 Å². The number of carbonyl (C=O) groups is 1. The Morgan fingerprint density at radius 3 is 2.65 bits per heavy atom. The Kier molecular flexibility index (Phi) is 5.16. The van der Waals surface area contributed by atoms with Gasteiger partial charge in [0.25, 0.3) is 0 Å². The van der Waals surface area contributed by atoms with Gasteiger partial charge in [0.15, 0.2) is 0 Å². The molecule has 3 heteroatoms. The minimum absolute atomic E-state index is 0.343. The van der Waals surface area contributed by atoms with Gasteiger partial charge in [-0.25, -0.2) is 0 Å². The fraction of sp³-hybridized carbons (Fsp3) is 0.550. The number of rotatable bonds is 4. The summed E-state index contributed by atoms with van der Waals surface area (Å²) >= 11 is 0. The van der Waals surface area contributed by atoms with Gasteiger partial charge in [0.1, 0.15) is 0 Å². The summed E-state index contributed by atoms with van der Waals surface area (Å²) in [6, 6.07) is 11.5. The van der Waals surface area contributed by atoms with E-state index in [9.17, 15) is 4.79 Å². The quantitative estimate of drug-likeness (QED) is 0.848. The van der Waals surface area contributed by atoms with E-state index < -0.39 is 0 Å². The first-order valence-electron chi connectivity index (χ1n) is 8.94. The summed E-state index contributed by atoms with van der Waals surface area (Å²) in [7, 11) is 0. The van der Waals surface area contributed by atoms with Gasteiger partial charge in [-0.05, 0) is 37.3 Å². The lowest BCUT2D eigenvalue weighted by Crippen LogP contribution is -2.42. The van der Waals surface area contributed by atoms with Crippen LogP contribution in [0.5, 0.6) is 0 Å². The van der Waals surface area contributed by atoms with Gasteiger partial charge < -0.3 is 4.90 Å². The topological polar surface area (TPSA) is 23.6 Å². The molecule has 2 atom stereocenters. The highest BCUT2D eigenvalue weighted by Crippen LogP contribution is 2.30. The molecule has 0 aliphatic carbocycles. The van der Waals surface area contributed by atoms with E-state index in [0.29, 0.717) is 24.4 Å². The van der Waals surface area contributed by atoms with Gasteiger partial charge in [0.2, 0.25) is 5.91 Å². The molecule has 0 radical (unpaired) electrons. The third-order valence-corrected chi connectivity index (χ3v) is 5.34. The van der Waals surface area contributed by atoms with Crippen LogP contribution in [0.2, 0.25) is 0 Å². The molecule has 2 aliphatic heterocycles. The van der Waals surface area contributed by atoms with E-state index >= 15 is 0 Å². The first kappa shape index (κ1) is 16.3. The second kappa shape index (κ2) is 7.31. The fourth-order valence-corrected chi connectivity index (χ4v) is 3.99. The number of hydrogen-bond donors (Lipinski definition) is 0. The molecule has 2 fully saturated rings. The van der Waals surface area contributed by atoms with Crippen LogP contribution in [0, 0.1) is 0 Å². The van der Waals surface area contributed by atoms with Crippen molar-refractivity contribution in [1.29, 1.82) is 0 Å². The first-order valence-corrected chi connectivity index (χ1v) is 8.94. The Hall–Kier alpha value is -1.61. The van der Waals surface area contributed by atoms with E-state index in [1.807, 2.05) is 6.92 Å². The Balaban J connectivity index is 1.64. The third-order valence-electron chi connectivity index (χ3n) is 5.34. The van der Waals surface area contributed by atoms with Crippen molar-refractivity contribution < 1.29 is 4.79 Å². The van der Waals surface area contributed by atoms with Crippen LogP contribution in [-0.4, -0.2) is 47.4 Å². The van der Waals surface area contributed by atoms with Crippen LogP contribution in [-0.2, 0) is 4.79 Å². The van der Waals surface area contributed by atoms with Gasteiger partial charge in [0.05, 0.1) is 0 Å². The Morgan fingerprint density at radius 1 is 1.17 bits per heavy atom. The third kappa shape index (κ3) is 3.66. The maximum Gasteiger partial charge on any atom is 0.222 e. The molecular weight excluding hydrogens is 284 g/mol. The predicted molar refractivity (Wildman–Crippen MR) is 95.1 cm³/mol. The number of carbonyl (C=O) groups excluding carboxylic acids is 1. The van der Waals surface area contributed by atoms with Gasteiger partial charge in [-0.15, -0.1) is 0 Å². The van der Waals surface area contributed by atoms with Crippen molar-refractivity contribution >= 4 is 11.5 Å². The summed E-state index contributed by atoms with van der Waals surface area (Å²) in [5.74, 6) is 0.343. The maximum absolute atomic E-state index is 12.2. The lowest BCUT2D eigenvalue weighted by molar-refractivity contribution is -0.133. The number of allylic oxidation sites excluding steroid dienone is 1. The van der Waals surface area contributed by atoms with E-state index in [-0.39, 0.29) is 0 Å². The van der Waals surface area contributed by atoms with Crippen molar-refractivity contribution in [2.75, 3.05) is 19.6 Å².